The number of ether oxygens (including phenoxy) is 1. The van der Waals surface area contributed by atoms with E-state index in [-0.39, 0.29) is 11.8 Å². The van der Waals surface area contributed by atoms with Crippen molar-refractivity contribution in [2.24, 2.45) is 5.92 Å². The molecule has 0 unspecified atom stereocenters. The summed E-state index contributed by atoms with van der Waals surface area (Å²) >= 11 is 1.64. The molecule has 1 fully saturated rings. The van der Waals surface area contributed by atoms with E-state index in [2.05, 4.69) is 10.3 Å². The lowest BCUT2D eigenvalue weighted by Crippen LogP contribution is -2.82. The molecule has 26 heavy (non-hydrogen) atoms. The van der Waals surface area contributed by atoms with Gasteiger partial charge >= 0.3 is 6.09 Å². The van der Waals surface area contributed by atoms with Crippen molar-refractivity contribution in [1.82, 2.24) is 9.88 Å². The first-order valence-electron chi connectivity index (χ1n) is 9.61. The van der Waals surface area contributed by atoms with Crippen molar-refractivity contribution in [3.05, 3.63) is 16.6 Å². The minimum Gasteiger partial charge on any atom is -0.443 e. The number of nitrogens with zero attached hydrogens (tertiary/aromatic N) is 2. The third-order valence-corrected chi connectivity index (χ3v) is 5.23. The van der Waals surface area contributed by atoms with Crippen LogP contribution in [-0.4, -0.2) is 40.6 Å². The Morgan fingerprint density at radius 3 is 2.65 bits per heavy atom. The van der Waals surface area contributed by atoms with Gasteiger partial charge in [-0.05, 0) is 33.6 Å². The molecule has 2 N–H and O–H groups in total. The van der Waals surface area contributed by atoms with Crippen molar-refractivity contribution < 1.29 is 19.6 Å². The standard InChI is InChI=1S/C19H31N3O3S/c1-19(2,3)25-18(24)22(17(23)15-8-5-4-6-9-15)12-7-10-20-14-16-21-11-13-26-16/h11,13,15,20H,4-10,12,14H2,1-3H3/p+1. The molecule has 0 atom stereocenters. The highest BCUT2D eigenvalue weighted by Crippen LogP contribution is 2.26. The summed E-state index contributed by atoms with van der Waals surface area (Å²) in [5.41, 5.74) is -0.598. The lowest BCUT2D eigenvalue weighted by molar-refractivity contribution is -0.670. The Balaban J connectivity index is 1.86. The van der Waals surface area contributed by atoms with Crippen LogP contribution in [0.1, 0.15) is 64.3 Å². The maximum atomic E-state index is 12.9. The molecular formula is C19H32N3O3S+. The second-order valence-corrected chi connectivity index (χ2v) is 8.85. The number of nitrogens with two attached hydrogens (primary N) is 1. The van der Waals surface area contributed by atoms with E-state index in [0.29, 0.717) is 6.54 Å². The topological polar surface area (TPSA) is 76.1 Å². The summed E-state index contributed by atoms with van der Waals surface area (Å²) in [6.45, 7) is 7.58. The zero-order chi connectivity index (χ0) is 19.0. The first kappa shape index (κ1) is 20.8. The van der Waals surface area contributed by atoms with Crippen LogP contribution in [0.3, 0.4) is 0 Å². The van der Waals surface area contributed by atoms with Gasteiger partial charge in [0.2, 0.25) is 5.91 Å². The van der Waals surface area contributed by atoms with Crippen molar-refractivity contribution >= 4 is 23.3 Å². The summed E-state index contributed by atoms with van der Waals surface area (Å²) in [6.07, 6.45) is 7.14. The van der Waals surface area contributed by atoms with Crippen molar-refractivity contribution in [1.29, 1.82) is 0 Å². The van der Waals surface area contributed by atoms with Crippen LogP contribution in [-0.2, 0) is 16.1 Å². The first-order valence-corrected chi connectivity index (χ1v) is 10.5. The average Bonchev–Trinajstić information content (AvgIpc) is 3.10. The number of hydrogen-bond donors (Lipinski definition) is 1. The molecule has 1 saturated carbocycles. The van der Waals surface area contributed by atoms with Crippen LogP contribution in [0.5, 0.6) is 0 Å². The van der Waals surface area contributed by atoms with Crippen molar-refractivity contribution in [2.75, 3.05) is 13.1 Å². The molecule has 2 amide bonds. The van der Waals surface area contributed by atoms with Gasteiger partial charge in [0.25, 0.3) is 0 Å². The van der Waals surface area contributed by atoms with Gasteiger partial charge in [0.15, 0.2) is 0 Å². The third-order valence-electron chi connectivity index (χ3n) is 4.43. The van der Waals surface area contributed by atoms with Crippen molar-refractivity contribution in [3.63, 3.8) is 0 Å². The number of aromatic nitrogens is 1. The molecule has 0 radical (unpaired) electrons. The zero-order valence-corrected chi connectivity index (χ0v) is 17.0. The number of rotatable bonds is 7. The lowest BCUT2D eigenvalue weighted by atomic mass is 9.88. The highest BCUT2D eigenvalue weighted by Gasteiger charge is 2.32. The maximum Gasteiger partial charge on any atom is 0.417 e. The Morgan fingerprint density at radius 2 is 2.04 bits per heavy atom. The number of hydrogen-bond acceptors (Lipinski definition) is 5. The van der Waals surface area contributed by atoms with E-state index in [1.165, 1.54) is 11.3 Å². The monoisotopic (exact) mass is 382 g/mol. The molecule has 1 aromatic rings. The van der Waals surface area contributed by atoms with Gasteiger partial charge < -0.3 is 10.1 Å². The van der Waals surface area contributed by atoms with E-state index in [1.807, 2.05) is 26.2 Å². The predicted octanol–water partition coefficient (Wildman–Crippen LogP) is 2.94. The smallest absolute Gasteiger partial charge is 0.417 e. The predicted molar refractivity (Wildman–Crippen MR) is 102 cm³/mol. The van der Waals surface area contributed by atoms with Gasteiger partial charge in [0.1, 0.15) is 17.2 Å². The number of amides is 2. The van der Waals surface area contributed by atoms with Gasteiger partial charge in [-0.2, -0.15) is 0 Å². The molecule has 7 heteroatoms. The summed E-state index contributed by atoms with van der Waals surface area (Å²) in [5.74, 6) is -0.0885. The van der Waals surface area contributed by atoms with Gasteiger partial charge in [-0.15, -0.1) is 11.3 Å². The van der Waals surface area contributed by atoms with Crippen LogP contribution in [0.25, 0.3) is 0 Å². The average molecular weight is 383 g/mol. The van der Waals surface area contributed by atoms with Gasteiger partial charge in [0, 0.05) is 30.5 Å². The van der Waals surface area contributed by atoms with E-state index < -0.39 is 11.7 Å². The van der Waals surface area contributed by atoms with E-state index in [4.69, 9.17) is 4.74 Å². The molecule has 0 bridgehead atoms. The second kappa shape index (κ2) is 10.0. The van der Waals surface area contributed by atoms with E-state index >= 15 is 0 Å². The summed E-state index contributed by atoms with van der Waals surface area (Å²) < 4.78 is 5.48. The van der Waals surface area contributed by atoms with Gasteiger partial charge in [-0.3, -0.25) is 4.79 Å². The number of carbonyl (C=O) groups is 2. The molecule has 1 aromatic heterocycles. The SMILES string of the molecule is CC(C)(C)OC(=O)N(CCC[NH2+]Cc1nccs1)C(=O)C1CCCCC1. The molecule has 1 heterocycles. The number of thiazole rings is 1. The Bertz CT molecular complexity index is 563. The fraction of sp³-hybridized carbons (Fsp3) is 0.737. The number of imide groups is 1. The highest BCUT2D eigenvalue weighted by molar-refractivity contribution is 7.09. The highest BCUT2D eigenvalue weighted by atomic mass is 32.1. The molecular weight excluding hydrogens is 350 g/mol. The molecule has 0 saturated heterocycles. The van der Waals surface area contributed by atoms with Crippen LogP contribution in [0.15, 0.2) is 11.6 Å². The first-order chi connectivity index (χ1) is 12.4. The molecule has 6 nitrogen and oxygen atoms in total. The summed E-state index contributed by atoms with van der Waals surface area (Å²) in [4.78, 5) is 31.0. The van der Waals surface area contributed by atoms with Crippen LogP contribution >= 0.6 is 11.3 Å². The molecule has 1 aliphatic carbocycles. The molecule has 146 valence electrons. The van der Waals surface area contributed by atoms with Gasteiger partial charge in [-0.1, -0.05) is 19.3 Å². The van der Waals surface area contributed by atoms with Crippen LogP contribution in [0, 0.1) is 5.92 Å². The van der Waals surface area contributed by atoms with Crippen molar-refractivity contribution in [3.8, 4) is 0 Å². The van der Waals surface area contributed by atoms with Crippen molar-refractivity contribution in [2.45, 2.75) is 71.4 Å². The van der Waals surface area contributed by atoms with E-state index in [9.17, 15) is 9.59 Å². The Hall–Kier alpha value is -1.47. The van der Waals surface area contributed by atoms with E-state index in [1.54, 1.807) is 17.5 Å². The van der Waals surface area contributed by atoms with E-state index in [0.717, 1.165) is 50.2 Å². The largest absolute Gasteiger partial charge is 0.443 e. The van der Waals surface area contributed by atoms with Crippen LogP contribution in [0.4, 0.5) is 4.79 Å². The Morgan fingerprint density at radius 1 is 1.31 bits per heavy atom. The molecule has 0 aliphatic heterocycles. The summed E-state index contributed by atoms with van der Waals surface area (Å²) in [6, 6.07) is 0. The Kier molecular flexibility index (Phi) is 8.03. The number of quaternary nitrogens is 1. The maximum absolute atomic E-state index is 12.9. The van der Waals surface area contributed by atoms with Gasteiger partial charge in [-0.25, -0.2) is 14.7 Å². The van der Waals surface area contributed by atoms with Gasteiger partial charge in [0.05, 0.1) is 6.54 Å². The normalized spacial score (nSPS) is 15.7. The molecule has 0 aromatic carbocycles. The minimum absolute atomic E-state index is 0.0319. The summed E-state index contributed by atoms with van der Waals surface area (Å²) in [5, 5.41) is 5.22. The fourth-order valence-electron chi connectivity index (χ4n) is 3.15. The molecule has 1 aliphatic rings. The second-order valence-electron chi connectivity index (χ2n) is 7.87. The van der Waals surface area contributed by atoms with Crippen LogP contribution in [0.2, 0.25) is 0 Å². The fourth-order valence-corrected chi connectivity index (χ4v) is 3.77. The molecule has 2 rings (SSSR count). The molecule has 0 spiro atoms. The zero-order valence-electron chi connectivity index (χ0n) is 16.2. The Labute approximate surface area is 160 Å². The quantitative estimate of drug-likeness (QED) is 0.736. The number of carbonyl (C=O) groups excluding carboxylic acids is 2. The third kappa shape index (κ3) is 7.03. The summed E-state index contributed by atoms with van der Waals surface area (Å²) in [7, 11) is 0. The van der Waals surface area contributed by atoms with Crippen LogP contribution < -0.4 is 5.32 Å². The lowest BCUT2D eigenvalue weighted by Gasteiger charge is -2.30. The minimum atomic E-state index is -0.598.